The van der Waals surface area contributed by atoms with Gasteiger partial charge in [-0.25, -0.2) is 23.7 Å². The predicted molar refractivity (Wildman–Crippen MR) is 285 cm³/mol. The molecule has 0 unspecified atom stereocenters. The van der Waals surface area contributed by atoms with Crippen molar-refractivity contribution in [3.8, 4) is 62.4 Å². The minimum Gasteiger partial charge on any atom is -0.309 e. The number of benzene rings is 10. The number of halogens is 2. The van der Waals surface area contributed by atoms with Crippen LogP contribution in [0, 0.1) is 11.6 Å². The normalized spacial score (nSPS) is 11.8. The summed E-state index contributed by atoms with van der Waals surface area (Å²) in [6, 6.07) is 76.8. The molecule has 0 radical (unpaired) electrons. The molecule has 8 heteroatoms. The molecule has 4 heterocycles. The number of aromatic nitrogens is 6. The van der Waals surface area contributed by atoms with Crippen LogP contribution in [-0.4, -0.2) is 28.7 Å². The van der Waals surface area contributed by atoms with Crippen LogP contribution in [0.15, 0.2) is 231 Å². The van der Waals surface area contributed by atoms with Crippen molar-refractivity contribution in [1.29, 1.82) is 0 Å². The zero-order valence-electron chi connectivity index (χ0n) is 37.9. The molecular formula is C63H38F2N6. The number of rotatable bonds is 7. The lowest BCUT2D eigenvalue weighted by molar-refractivity contribution is 0.584. The van der Waals surface area contributed by atoms with Gasteiger partial charge in [0, 0.05) is 66.4 Å². The zero-order chi connectivity index (χ0) is 47.2. The van der Waals surface area contributed by atoms with Gasteiger partial charge < -0.3 is 13.7 Å². The van der Waals surface area contributed by atoms with Crippen LogP contribution < -0.4 is 0 Å². The van der Waals surface area contributed by atoms with Gasteiger partial charge >= 0.3 is 0 Å². The van der Waals surface area contributed by atoms with E-state index in [0.29, 0.717) is 34.2 Å². The third-order valence-electron chi connectivity index (χ3n) is 13.8. The molecule has 4 aromatic heterocycles. The second kappa shape index (κ2) is 16.0. The lowest BCUT2D eigenvalue weighted by Crippen LogP contribution is -2.04. The highest BCUT2D eigenvalue weighted by atomic mass is 19.1. The Morgan fingerprint density at radius 1 is 0.268 bits per heavy atom. The van der Waals surface area contributed by atoms with E-state index in [1.165, 1.54) is 33.7 Å². The first kappa shape index (κ1) is 40.5. The minimum atomic E-state index is -0.663. The van der Waals surface area contributed by atoms with Crippen molar-refractivity contribution >= 4 is 65.4 Å². The third kappa shape index (κ3) is 6.56. The van der Waals surface area contributed by atoms with E-state index >= 15 is 8.78 Å². The summed E-state index contributed by atoms with van der Waals surface area (Å²) in [5, 5.41) is 6.81. The highest BCUT2D eigenvalue weighted by Crippen LogP contribution is 2.42. The van der Waals surface area contributed by atoms with Crippen LogP contribution in [0.2, 0.25) is 0 Å². The van der Waals surface area contributed by atoms with Crippen molar-refractivity contribution in [3.05, 3.63) is 242 Å². The van der Waals surface area contributed by atoms with Crippen LogP contribution in [0.3, 0.4) is 0 Å². The molecule has 0 spiro atoms. The average molecular weight is 917 g/mol. The fourth-order valence-corrected chi connectivity index (χ4v) is 10.7. The van der Waals surface area contributed by atoms with E-state index in [1.807, 2.05) is 78.9 Å². The van der Waals surface area contributed by atoms with Crippen molar-refractivity contribution < 1.29 is 8.78 Å². The molecule has 0 saturated heterocycles. The molecule has 0 atom stereocenters. The smallest absolute Gasteiger partial charge is 0.166 e. The van der Waals surface area contributed by atoms with E-state index in [2.05, 4.69) is 147 Å². The van der Waals surface area contributed by atoms with Crippen LogP contribution in [0.1, 0.15) is 0 Å². The molecule has 0 aliphatic carbocycles. The largest absolute Gasteiger partial charge is 0.309 e. The Bertz CT molecular complexity index is 4080. The van der Waals surface area contributed by atoms with E-state index in [0.717, 1.165) is 78.1 Å². The molecule has 0 aliphatic heterocycles. The number of para-hydroxylation sites is 4. The van der Waals surface area contributed by atoms with E-state index in [-0.39, 0.29) is 0 Å². The molecule has 0 fully saturated rings. The van der Waals surface area contributed by atoms with Crippen molar-refractivity contribution in [2.75, 3.05) is 0 Å². The number of fused-ring (bicyclic) bond motifs is 9. The highest BCUT2D eigenvalue weighted by molar-refractivity contribution is 6.14. The third-order valence-corrected chi connectivity index (χ3v) is 13.8. The Morgan fingerprint density at radius 2 is 0.662 bits per heavy atom. The molecule has 0 bridgehead atoms. The van der Waals surface area contributed by atoms with Crippen molar-refractivity contribution in [2.45, 2.75) is 0 Å². The molecule has 334 valence electrons. The van der Waals surface area contributed by atoms with E-state index < -0.39 is 11.6 Å². The summed E-state index contributed by atoms with van der Waals surface area (Å²) in [5.74, 6) is 0.0752. The van der Waals surface area contributed by atoms with Crippen LogP contribution >= 0.6 is 0 Å². The quantitative estimate of drug-likeness (QED) is 0.160. The van der Waals surface area contributed by atoms with Crippen LogP contribution in [0.5, 0.6) is 0 Å². The van der Waals surface area contributed by atoms with Gasteiger partial charge in [0.15, 0.2) is 17.5 Å². The Morgan fingerprint density at radius 3 is 1.11 bits per heavy atom. The number of hydrogen-bond donors (Lipinski definition) is 0. The lowest BCUT2D eigenvalue weighted by atomic mass is 10.0. The Hall–Kier alpha value is -9.53. The summed E-state index contributed by atoms with van der Waals surface area (Å²) < 4.78 is 37.0. The standard InChI is InChI=1S/C63H38F2N6/c64-43-33-42(34-44(65)36-43)41-27-30-60(53(35-41)63-67-61(39-15-3-1-4-16-39)66-62(68-63)40-17-5-2-6-18-40)71-58-31-28-45(69-54-23-11-7-19-47(54)48-20-8-12-24-55(48)69)37-51(58)52-38-46(29-32-59(52)71)70-56-25-13-9-21-49(56)50-22-10-14-26-57(50)70/h1-38H. The predicted octanol–water partition coefficient (Wildman–Crippen LogP) is 16.1. The summed E-state index contributed by atoms with van der Waals surface area (Å²) in [6.07, 6.45) is 0. The van der Waals surface area contributed by atoms with Crippen LogP contribution in [-0.2, 0) is 0 Å². The second-order valence-electron chi connectivity index (χ2n) is 17.9. The average Bonchev–Trinajstić information content (AvgIpc) is 4.06. The molecular weight excluding hydrogens is 879 g/mol. The summed E-state index contributed by atoms with van der Waals surface area (Å²) in [4.78, 5) is 15.5. The molecule has 14 rings (SSSR count). The first-order valence-corrected chi connectivity index (χ1v) is 23.6. The first-order valence-electron chi connectivity index (χ1n) is 23.6. The highest BCUT2D eigenvalue weighted by Gasteiger charge is 2.23. The first-order chi connectivity index (χ1) is 35.0. The van der Waals surface area contributed by atoms with Gasteiger partial charge in [0.25, 0.3) is 0 Å². The molecule has 10 aromatic carbocycles. The molecule has 14 aromatic rings. The monoisotopic (exact) mass is 916 g/mol. The summed E-state index contributed by atoms with van der Waals surface area (Å²) in [7, 11) is 0. The van der Waals surface area contributed by atoms with E-state index in [4.69, 9.17) is 15.0 Å². The molecule has 0 aliphatic rings. The molecule has 0 saturated carbocycles. The Labute approximate surface area is 405 Å². The summed E-state index contributed by atoms with van der Waals surface area (Å²) in [6.45, 7) is 0. The maximum Gasteiger partial charge on any atom is 0.166 e. The fourth-order valence-electron chi connectivity index (χ4n) is 10.7. The Kier molecular flexibility index (Phi) is 9.16. The Balaban J connectivity index is 1.08. The van der Waals surface area contributed by atoms with E-state index in [9.17, 15) is 0 Å². The van der Waals surface area contributed by atoms with Gasteiger partial charge in [-0.1, -0.05) is 140 Å². The van der Waals surface area contributed by atoms with Crippen molar-refractivity contribution in [1.82, 2.24) is 28.7 Å². The van der Waals surface area contributed by atoms with Gasteiger partial charge in [0.2, 0.25) is 0 Å². The van der Waals surface area contributed by atoms with Crippen LogP contribution in [0.25, 0.3) is 128 Å². The fraction of sp³-hybridized carbons (Fsp3) is 0. The van der Waals surface area contributed by atoms with E-state index in [1.54, 1.807) is 0 Å². The van der Waals surface area contributed by atoms with Gasteiger partial charge in [-0.3, -0.25) is 0 Å². The lowest BCUT2D eigenvalue weighted by Gasteiger charge is -2.17. The SMILES string of the molecule is Fc1cc(F)cc(-c2ccc(-n3c4ccc(-n5c6ccccc6c6ccccc65)cc4c4cc(-n5c6ccccc6c6ccccc65)ccc43)c(-c3nc(-c4ccccc4)nc(-c4ccccc4)n3)c2)c1. The second-order valence-corrected chi connectivity index (χ2v) is 17.9. The maximum atomic E-state index is 15.0. The van der Waals surface area contributed by atoms with Crippen molar-refractivity contribution in [2.24, 2.45) is 0 Å². The number of nitrogens with zero attached hydrogens (tertiary/aromatic N) is 6. The van der Waals surface area contributed by atoms with Gasteiger partial charge in [-0.2, -0.15) is 0 Å². The molecule has 6 nitrogen and oxygen atoms in total. The minimum absolute atomic E-state index is 0.393. The van der Waals surface area contributed by atoms with Gasteiger partial charge in [0.05, 0.1) is 38.8 Å². The van der Waals surface area contributed by atoms with Gasteiger partial charge in [0.1, 0.15) is 11.6 Å². The van der Waals surface area contributed by atoms with Gasteiger partial charge in [-0.15, -0.1) is 0 Å². The number of hydrogen-bond acceptors (Lipinski definition) is 3. The van der Waals surface area contributed by atoms with Crippen molar-refractivity contribution in [3.63, 3.8) is 0 Å². The van der Waals surface area contributed by atoms with Gasteiger partial charge in [-0.05, 0) is 96.1 Å². The maximum absolute atomic E-state index is 15.0. The van der Waals surface area contributed by atoms with Crippen LogP contribution in [0.4, 0.5) is 8.78 Å². The molecule has 0 N–H and O–H groups in total. The molecule has 0 amide bonds. The summed E-state index contributed by atoms with van der Waals surface area (Å²) >= 11 is 0. The zero-order valence-corrected chi connectivity index (χ0v) is 37.9. The summed E-state index contributed by atoms with van der Waals surface area (Å²) in [5.41, 5.74) is 12.5. The topological polar surface area (TPSA) is 53.5 Å². The molecule has 71 heavy (non-hydrogen) atoms.